The van der Waals surface area contributed by atoms with Crippen LogP contribution < -0.4 is 0 Å². The van der Waals surface area contributed by atoms with E-state index in [4.69, 9.17) is 9.47 Å². The molecule has 1 saturated heterocycles. The van der Waals surface area contributed by atoms with Gasteiger partial charge in [-0.2, -0.15) is 4.91 Å². The summed E-state index contributed by atoms with van der Waals surface area (Å²) in [6, 6.07) is 0. The van der Waals surface area contributed by atoms with Gasteiger partial charge in [0.1, 0.15) is 0 Å². The number of hydrogen-bond acceptors (Lipinski definition) is 5. The van der Waals surface area contributed by atoms with Crippen LogP contribution in [0.3, 0.4) is 0 Å². The van der Waals surface area contributed by atoms with E-state index in [9.17, 15) is 10.0 Å². The largest absolute Gasteiger partial charge is 0.396 e. The molecular formula is C11H21NO4. The number of nitrogens with zero attached hydrogens (tertiary/aromatic N) is 1. The Bertz CT molecular complexity index is 228. The third kappa shape index (κ3) is 2.78. The first-order valence-electron chi connectivity index (χ1n) is 5.63. The summed E-state index contributed by atoms with van der Waals surface area (Å²) in [6.07, 6.45) is 0.388. The molecule has 0 bridgehead atoms. The molecular weight excluding hydrogens is 210 g/mol. The normalized spacial score (nSPS) is 31.4. The van der Waals surface area contributed by atoms with Crippen LogP contribution in [-0.4, -0.2) is 37.8 Å². The van der Waals surface area contributed by atoms with E-state index < -0.39 is 11.7 Å². The SMILES string of the molecule is CCC1(CO)COC(C(C)(C)CN=O)OC1. The lowest BCUT2D eigenvalue weighted by atomic mass is 9.85. The highest BCUT2D eigenvalue weighted by Gasteiger charge is 2.41. The fourth-order valence-corrected chi connectivity index (χ4v) is 1.69. The molecule has 5 nitrogen and oxygen atoms in total. The molecule has 0 aromatic rings. The minimum Gasteiger partial charge on any atom is -0.396 e. The molecule has 0 saturated carbocycles. The zero-order valence-electron chi connectivity index (χ0n) is 10.2. The van der Waals surface area contributed by atoms with Crippen LogP contribution in [0.15, 0.2) is 5.18 Å². The Morgan fingerprint density at radius 2 is 2.00 bits per heavy atom. The lowest BCUT2D eigenvalue weighted by Gasteiger charge is -2.42. The Balaban J connectivity index is 2.57. The van der Waals surface area contributed by atoms with E-state index in [1.165, 1.54) is 0 Å². The molecule has 1 aliphatic heterocycles. The Kier molecular flexibility index (Phi) is 4.41. The van der Waals surface area contributed by atoms with E-state index in [0.29, 0.717) is 13.2 Å². The van der Waals surface area contributed by atoms with E-state index in [-0.39, 0.29) is 18.6 Å². The topological polar surface area (TPSA) is 68.1 Å². The van der Waals surface area contributed by atoms with Crippen LogP contribution >= 0.6 is 0 Å². The second-order valence-electron chi connectivity index (χ2n) is 5.24. The number of hydrogen-bond donors (Lipinski definition) is 1. The molecule has 1 aliphatic rings. The van der Waals surface area contributed by atoms with E-state index in [1.807, 2.05) is 20.8 Å². The number of aliphatic hydroxyl groups excluding tert-OH is 1. The van der Waals surface area contributed by atoms with Crippen molar-refractivity contribution in [1.82, 2.24) is 0 Å². The van der Waals surface area contributed by atoms with Crippen LogP contribution in [0.5, 0.6) is 0 Å². The van der Waals surface area contributed by atoms with Crippen LogP contribution in [0, 0.1) is 15.7 Å². The molecule has 1 heterocycles. The van der Waals surface area contributed by atoms with Crippen molar-refractivity contribution >= 4 is 0 Å². The van der Waals surface area contributed by atoms with E-state index >= 15 is 0 Å². The number of rotatable bonds is 5. The van der Waals surface area contributed by atoms with Gasteiger partial charge in [-0.1, -0.05) is 25.9 Å². The van der Waals surface area contributed by atoms with Crippen molar-refractivity contribution in [2.24, 2.45) is 16.0 Å². The molecule has 94 valence electrons. The van der Waals surface area contributed by atoms with Gasteiger partial charge in [0.2, 0.25) is 0 Å². The monoisotopic (exact) mass is 231 g/mol. The van der Waals surface area contributed by atoms with Gasteiger partial charge in [-0.15, -0.1) is 0 Å². The molecule has 1 N–H and O–H groups in total. The third-order valence-electron chi connectivity index (χ3n) is 3.28. The molecule has 5 heteroatoms. The van der Waals surface area contributed by atoms with Crippen LogP contribution in [0.2, 0.25) is 0 Å². The number of aliphatic hydroxyl groups is 1. The first-order chi connectivity index (χ1) is 7.49. The summed E-state index contributed by atoms with van der Waals surface area (Å²) >= 11 is 0. The van der Waals surface area contributed by atoms with Crippen molar-refractivity contribution in [2.45, 2.75) is 33.5 Å². The van der Waals surface area contributed by atoms with Crippen LogP contribution in [-0.2, 0) is 9.47 Å². The predicted octanol–water partition coefficient (Wildman–Crippen LogP) is 1.54. The van der Waals surface area contributed by atoms with E-state index in [1.54, 1.807) is 0 Å². The van der Waals surface area contributed by atoms with Crippen molar-refractivity contribution in [2.75, 3.05) is 26.4 Å². The summed E-state index contributed by atoms with van der Waals surface area (Å²) in [5.41, 5.74) is -0.710. The van der Waals surface area contributed by atoms with Gasteiger partial charge in [-0.25, -0.2) is 0 Å². The Morgan fingerprint density at radius 3 is 2.38 bits per heavy atom. The zero-order valence-corrected chi connectivity index (χ0v) is 10.2. The molecule has 1 fully saturated rings. The Labute approximate surface area is 96.1 Å². The maximum Gasteiger partial charge on any atom is 0.164 e. The maximum atomic E-state index is 10.3. The molecule has 0 aromatic heterocycles. The standard InChI is InChI=1S/C11H21NO4/c1-4-11(6-13)7-15-9(16-8-11)10(2,3)5-12-14/h9,13H,4-8H2,1-3H3. The molecule has 0 aromatic carbocycles. The van der Waals surface area contributed by atoms with Crippen LogP contribution in [0.25, 0.3) is 0 Å². The minimum atomic E-state index is -0.420. The first-order valence-corrected chi connectivity index (χ1v) is 5.63. The van der Waals surface area contributed by atoms with Crippen molar-refractivity contribution < 1.29 is 14.6 Å². The lowest BCUT2D eigenvalue weighted by Crippen LogP contribution is -2.49. The molecule has 0 spiro atoms. The summed E-state index contributed by atoms with van der Waals surface area (Å²) < 4.78 is 11.2. The summed E-state index contributed by atoms with van der Waals surface area (Å²) in [5.74, 6) is 0. The predicted molar refractivity (Wildman–Crippen MR) is 59.9 cm³/mol. The van der Waals surface area contributed by atoms with Gasteiger partial charge in [0, 0.05) is 10.8 Å². The maximum absolute atomic E-state index is 10.3. The number of ether oxygens (including phenoxy) is 2. The zero-order chi connectivity index (χ0) is 12.2. The lowest BCUT2D eigenvalue weighted by molar-refractivity contribution is -0.272. The summed E-state index contributed by atoms with van der Waals surface area (Å²) in [7, 11) is 0. The van der Waals surface area contributed by atoms with Crippen molar-refractivity contribution in [1.29, 1.82) is 0 Å². The average Bonchev–Trinajstić information content (AvgIpc) is 2.29. The summed E-state index contributed by atoms with van der Waals surface area (Å²) in [6.45, 7) is 6.92. The van der Waals surface area contributed by atoms with Crippen molar-refractivity contribution in [3.8, 4) is 0 Å². The molecule has 1 rings (SSSR count). The fourth-order valence-electron chi connectivity index (χ4n) is 1.69. The average molecular weight is 231 g/mol. The van der Waals surface area contributed by atoms with Gasteiger partial charge < -0.3 is 14.6 Å². The Hall–Kier alpha value is -0.520. The molecule has 0 radical (unpaired) electrons. The van der Waals surface area contributed by atoms with Gasteiger partial charge in [0.05, 0.1) is 26.4 Å². The number of nitroso groups, excluding NO2 is 1. The Morgan fingerprint density at radius 1 is 1.44 bits per heavy atom. The van der Waals surface area contributed by atoms with Gasteiger partial charge >= 0.3 is 0 Å². The summed E-state index contributed by atoms with van der Waals surface area (Å²) in [5, 5.41) is 12.2. The molecule has 0 aliphatic carbocycles. The highest BCUT2D eigenvalue weighted by molar-refractivity contribution is 4.84. The van der Waals surface area contributed by atoms with Gasteiger partial charge in [-0.3, -0.25) is 0 Å². The highest BCUT2D eigenvalue weighted by Crippen LogP contribution is 2.34. The van der Waals surface area contributed by atoms with Crippen molar-refractivity contribution in [3.63, 3.8) is 0 Å². The van der Waals surface area contributed by atoms with Gasteiger partial charge in [0.15, 0.2) is 6.29 Å². The second-order valence-corrected chi connectivity index (χ2v) is 5.24. The quantitative estimate of drug-likeness (QED) is 0.729. The van der Waals surface area contributed by atoms with Gasteiger partial charge in [0.25, 0.3) is 0 Å². The molecule has 0 unspecified atom stereocenters. The molecule has 0 atom stereocenters. The van der Waals surface area contributed by atoms with E-state index in [0.717, 1.165) is 6.42 Å². The molecule has 0 amide bonds. The van der Waals surface area contributed by atoms with Crippen LogP contribution in [0.4, 0.5) is 0 Å². The molecule has 16 heavy (non-hydrogen) atoms. The van der Waals surface area contributed by atoms with Crippen LogP contribution in [0.1, 0.15) is 27.2 Å². The smallest absolute Gasteiger partial charge is 0.164 e. The minimum absolute atomic E-state index is 0.0581. The fraction of sp³-hybridized carbons (Fsp3) is 1.00. The van der Waals surface area contributed by atoms with Gasteiger partial charge in [-0.05, 0) is 6.42 Å². The first kappa shape index (κ1) is 13.5. The third-order valence-corrected chi connectivity index (χ3v) is 3.28. The van der Waals surface area contributed by atoms with E-state index in [2.05, 4.69) is 5.18 Å². The highest BCUT2D eigenvalue weighted by atomic mass is 16.7. The second kappa shape index (κ2) is 5.21. The van der Waals surface area contributed by atoms with Crippen molar-refractivity contribution in [3.05, 3.63) is 4.91 Å². The summed E-state index contributed by atoms with van der Waals surface area (Å²) in [4.78, 5) is 10.3.